The van der Waals surface area contributed by atoms with Crippen LogP contribution in [0.25, 0.3) is 10.9 Å². The third-order valence-electron chi connectivity index (χ3n) is 5.25. The Hall–Kier alpha value is -3.48. The molecule has 0 saturated carbocycles. The fourth-order valence-corrected chi connectivity index (χ4v) is 3.59. The number of hydrogen-bond acceptors (Lipinski definition) is 4. The molecule has 1 heterocycles. The molecular weight excluding hydrogens is 428 g/mol. The van der Waals surface area contributed by atoms with Gasteiger partial charge in [0.25, 0.3) is 0 Å². The highest BCUT2D eigenvalue weighted by molar-refractivity contribution is 5.85. The van der Waals surface area contributed by atoms with Gasteiger partial charge in [-0.1, -0.05) is 72.8 Å². The molecule has 0 aliphatic heterocycles. The summed E-state index contributed by atoms with van der Waals surface area (Å²) in [5.74, 6) is -0.748. The van der Waals surface area contributed by atoms with E-state index in [0.717, 1.165) is 5.52 Å². The van der Waals surface area contributed by atoms with E-state index in [9.17, 15) is 14.7 Å². The minimum atomic E-state index is -1.91. The lowest BCUT2D eigenvalue weighted by molar-refractivity contribution is -0.353. The standard InChI is InChI=1S/C25H22N2O4.ClH/c28-23-21-14-7-8-15-22(21)26-18-27(23)16-9-17-31-24(29)25(30,19-10-3-1-4-11-19)20-12-5-2-6-13-20;/h1-8,10-15,18,30H,9,16-17H2;1H. The van der Waals surface area contributed by atoms with Crippen LogP contribution in [0, 0.1) is 0 Å². The minimum Gasteiger partial charge on any atom is -1.00 e. The third-order valence-corrected chi connectivity index (χ3v) is 5.25. The van der Waals surface area contributed by atoms with Crippen LogP contribution in [0.2, 0.25) is 0 Å². The predicted molar refractivity (Wildman–Crippen MR) is 116 cm³/mol. The fourth-order valence-electron chi connectivity index (χ4n) is 3.59. The summed E-state index contributed by atoms with van der Waals surface area (Å²) < 4.78 is 7.00. The van der Waals surface area contributed by atoms with Gasteiger partial charge in [0.15, 0.2) is 0 Å². The van der Waals surface area contributed by atoms with Crippen molar-refractivity contribution in [3.63, 3.8) is 0 Å². The van der Waals surface area contributed by atoms with Crippen LogP contribution >= 0.6 is 0 Å². The number of ether oxygens (including phenoxy) is 1. The third kappa shape index (κ3) is 4.56. The van der Waals surface area contributed by atoms with Crippen LogP contribution in [0.3, 0.4) is 0 Å². The van der Waals surface area contributed by atoms with Gasteiger partial charge < -0.3 is 22.3 Å². The molecule has 0 unspecified atom stereocenters. The van der Waals surface area contributed by atoms with Crippen LogP contribution in [0.5, 0.6) is 0 Å². The smallest absolute Gasteiger partial charge is 0.347 e. The fraction of sp³-hybridized carbons (Fsp3) is 0.160. The van der Waals surface area contributed by atoms with Crippen molar-refractivity contribution in [2.24, 2.45) is 0 Å². The Morgan fingerprint density at radius 1 is 0.906 bits per heavy atom. The molecule has 0 spiro atoms. The number of halogens is 1. The molecule has 0 bridgehead atoms. The van der Waals surface area contributed by atoms with E-state index in [1.165, 1.54) is 0 Å². The van der Waals surface area contributed by atoms with Gasteiger partial charge in [0.1, 0.15) is 10.9 Å². The SMILES string of the molecule is O=C(OCCCn1c[nH+]c2ccccc2c1=O)C(O)(c1ccccc1)c1ccccc1.[Cl-]. The summed E-state index contributed by atoms with van der Waals surface area (Å²) in [5.41, 5.74) is -0.370. The number of benzene rings is 3. The van der Waals surface area contributed by atoms with Gasteiger partial charge in [0.2, 0.25) is 11.9 Å². The number of rotatable bonds is 7. The first-order valence-electron chi connectivity index (χ1n) is 10.1. The maximum absolute atomic E-state index is 13.0. The Balaban J connectivity index is 0.00000289. The Kier molecular flexibility index (Phi) is 7.41. The number of nitrogens with one attached hydrogen (secondary N) is 1. The van der Waals surface area contributed by atoms with Gasteiger partial charge in [0, 0.05) is 6.42 Å². The number of carbonyl (C=O) groups is 1. The van der Waals surface area contributed by atoms with E-state index in [-0.39, 0.29) is 24.6 Å². The molecule has 6 nitrogen and oxygen atoms in total. The summed E-state index contributed by atoms with van der Waals surface area (Å²) in [6.07, 6.45) is 2.05. The molecule has 0 aliphatic carbocycles. The van der Waals surface area contributed by atoms with Gasteiger partial charge in [-0.15, -0.1) is 0 Å². The molecule has 164 valence electrons. The van der Waals surface area contributed by atoms with E-state index in [1.807, 2.05) is 30.3 Å². The number of para-hydroxylation sites is 1. The van der Waals surface area contributed by atoms with Crippen molar-refractivity contribution in [3.8, 4) is 0 Å². The van der Waals surface area contributed by atoms with Crippen LogP contribution in [-0.4, -0.2) is 22.2 Å². The number of aryl methyl sites for hydroxylation is 1. The maximum atomic E-state index is 13.0. The molecule has 2 N–H and O–H groups in total. The molecule has 0 atom stereocenters. The summed E-state index contributed by atoms with van der Waals surface area (Å²) in [4.78, 5) is 28.6. The first-order chi connectivity index (χ1) is 15.1. The van der Waals surface area contributed by atoms with Crippen molar-refractivity contribution in [1.29, 1.82) is 0 Å². The van der Waals surface area contributed by atoms with E-state index in [1.54, 1.807) is 65.5 Å². The lowest BCUT2D eigenvalue weighted by atomic mass is 9.86. The number of H-pyrrole nitrogens is 1. The van der Waals surface area contributed by atoms with Crippen molar-refractivity contribution in [3.05, 3.63) is 113 Å². The van der Waals surface area contributed by atoms with Crippen LogP contribution in [0.15, 0.2) is 96.1 Å². The topological polar surface area (TPSA) is 82.7 Å². The lowest BCUT2D eigenvalue weighted by Crippen LogP contribution is -3.00. The van der Waals surface area contributed by atoms with E-state index in [4.69, 9.17) is 4.74 Å². The molecule has 3 aromatic carbocycles. The van der Waals surface area contributed by atoms with Crippen LogP contribution in [0.1, 0.15) is 17.5 Å². The monoisotopic (exact) mass is 450 g/mol. The number of aromatic nitrogens is 2. The molecule has 4 rings (SSSR count). The van der Waals surface area contributed by atoms with Crippen LogP contribution in [0.4, 0.5) is 0 Å². The quantitative estimate of drug-likeness (QED) is 0.309. The lowest BCUT2D eigenvalue weighted by Gasteiger charge is -2.27. The van der Waals surface area contributed by atoms with Gasteiger partial charge in [-0.2, -0.15) is 4.57 Å². The van der Waals surface area contributed by atoms with Crippen molar-refractivity contribution in [1.82, 2.24) is 4.57 Å². The Bertz CT molecular complexity index is 1200. The highest BCUT2D eigenvalue weighted by Crippen LogP contribution is 2.31. The van der Waals surface area contributed by atoms with E-state index in [0.29, 0.717) is 29.5 Å². The van der Waals surface area contributed by atoms with Crippen molar-refractivity contribution < 1.29 is 32.0 Å². The number of carbonyl (C=O) groups excluding carboxylic acids is 1. The first kappa shape index (κ1) is 23.2. The number of nitrogens with zero attached hydrogens (tertiary/aromatic N) is 1. The maximum Gasteiger partial charge on any atom is 0.347 e. The molecule has 7 heteroatoms. The highest BCUT2D eigenvalue weighted by Gasteiger charge is 2.41. The zero-order valence-corrected chi connectivity index (χ0v) is 18.0. The van der Waals surface area contributed by atoms with Gasteiger partial charge in [-0.25, -0.2) is 14.6 Å². The van der Waals surface area contributed by atoms with Crippen molar-refractivity contribution in [2.75, 3.05) is 6.61 Å². The zero-order valence-electron chi connectivity index (χ0n) is 17.3. The average molecular weight is 451 g/mol. The molecule has 0 saturated heterocycles. The summed E-state index contributed by atoms with van der Waals surface area (Å²) in [7, 11) is 0. The van der Waals surface area contributed by atoms with Gasteiger partial charge in [0.05, 0.1) is 13.2 Å². The minimum absolute atomic E-state index is 0. The summed E-state index contributed by atoms with van der Waals surface area (Å²) in [6.45, 7) is 0.447. The first-order valence-corrected chi connectivity index (χ1v) is 10.1. The highest BCUT2D eigenvalue weighted by atomic mass is 35.5. The van der Waals surface area contributed by atoms with Crippen LogP contribution < -0.4 is 23.0 Å². The summed E-state index contributed by atoms with van der Waals surface area (Å²) in [5, 5.41) is 12.0. The number of aromatic amines is 1. The van der Waals surface area contributed by atoms with Crippen molar-refractivity contribution >= 4 is 16.9 Å². The van der Waals surface area contributed by atoms with Gasteiger partial charge in [-0.05, 0) is 23.3 Å². The summed E-state index contributed by atoms with van der Waals surface area (Å²) >= 11 is 0. The Labute approximate surface area is 191 Å². The second kappa shape index (κ2) is 10.2. The Morgan fingerprint density at radius 2 is 1.47 bits per heavy atom. The second-order valence-corrected chi connectivity index (χ2v) is 7.25. The molecule has 0 aliphatic rings. The van der Waals surface area contributed by atoms with E-state index in [2.05, 4.69) is 4.98 Å². The molecule has 32 heavy (non-hydrogen) atoms. The van der Waals surface area contributed by atoms with Gasteiger partial charge in [-0.3, -0.25) is 0 Å². The largest absolute Gasteiger partial charge is 1.00 e. The number of fused-ring (bicyclic) bond motifs is 1. The molecule has 1 aromatic heterocycles. The number of esters is 1. The van der Waals surface area contributed by atoms with Crippen molar-refractivity contribution in [2.45, 2.75) is 18.6 Å². The molecular formula is C25H23ClN2O4. The molecule has 0 fully saturated rings. The van der Waals surface area contributed by atoms with Gasteiger partial charge >= 0.3 is 11.5 Å². The number of aliphatic hydroxyl groups is 1. The Morgan fingerprint density at radius 3 is 2.09 bits per heavy atom. The predicted octanol–water partition coefficient (Wildman–Crippen LogP) is -0.311. The van der Waals surface area contributed by atoms with Crippen LogP contribution in [-0.2, 0) is 21.7 Å². The summed E-state index contributed by atoms with van der Waals surface area (Å²) in [6, 6.07) is 24.8. The van der Waals surface area contributed by atoms with E-state index < -0.39 is 11.6 Å². The molecule has 0 radical (unpaired) electrons. The second-order valence-electron chi connectivity index (χ2n) is 7.25. The van der Waals surface area contributed by atoms with E-state index >= 15 is 0 Å². The average Bonchev–Trinajstić information content (AvgIpc) is 2.83. The zero-order chi connectivity index (χ0) is 21.7. The molecule has 0 amide bonds. The number of hydrogen-bond donors (Lipinski definition) is 1. The molecule has 4 aromatic rings. The normalized spacial score (nSPS) is 11.0.